The minimum atomic E-state index is -0.425. The molecule has 0 aliphatic carbocycles. The number of pyridine rings is 1. The van der Waals surface area contributed by atoms with E-state index in [1.807, 2.05) is 46.8 Å². The number of hydrogen-bond donors (Lipinski definition) is 0. The highest BCUT2D eigenvalue weighted by atomic mass is 16.5. The molecule has 3 nitrogen and oxygen atoms in total. The molecule has 0 radical (unpaired) electrons. The van der Waals surface area contributed by atoms with E-state index >= 15 is 0 Å². The Morgan fingerprint density at radius 1 is 1.39 bits per heavy atom. The highest BCUT2D eigenvalue weighted by molar-refractivity contribution is 5.97. The summed E-state index contributed by atoms with van der Waals surface area (Å²) in [5.74, 6) is -0.0314. The Bertz CT molecular complexity index is 477. The summed E-state index contributed by atoms with van der Waals surface area (Å²) in [6.45, 7) is 10.0. The quantitative estimate of drug-likeness (QED) is 0.753. The predicted octanol–water partition coefficient (Wildman–Crippen LogP) is 3.17. The summed E-state index contributed by atoms with van der Waals surface area (Å²) < 4.78 is 5.97. The fraction of sp³-hybridized carbons (Fsp3) is 0.600. The van der Waals surface area contributed by atoms with Crippen LogP contribution in [-0.2, 0) is 4.74 Å². The molecule has 0 aromatic carbocycles. The topological polar surface area (TPSA) is 39.2 Å². The number of Topliss-reactive ketones (excluding diaryl/α,β-unsaturated/α-hetero) is 1. The van der Waals surface area contributed by atoms with Crippen LogP contribution in [0.3, 0.4) is 0 Å². The van der Waals surface area contributed by atoms with E-state index < -0.39 is 5.60 Å². The van der Waals surface area contributed by atoms with E-state index in [0.29, 0.717) is 5.69 Å². The molecule has 2 rings (SSSR count). The largest absolute Gasteiger partial charge is 0.369 e. The van der Waals surface area contributed by atoms with E-state index in [9.17, 15) is 4.79 Å². The van der Waals surface area contributed by atoms with E-state index in [4.69, 9.17) is 4.74 Å². The first kappa shape index (κ1) is 13.2. The SMILES string of the molecule is Cc1ccnc(C(=O)C2CC(C)(C)OC2(C)C)c1. The number of carbonyl (C=O) groups excluding carboxylic acids is 1. The molecule has 18 heavy (non-hydrogen) atoms. The molecule has 0 amide bonds. The van der Waals surface area contributed by atoms with Crippen molar-refractivity contribution in [2.24, 2.45) is 5.92 Å². The molecule has 0 spiro atoms. The van der Waals surface area contributed by atoms with Gasteiger partial charge in [-0.3, -0.25) is 9.78 Å². The first-order valence-corrected chi connectivity index (χ1v) is 6.38. The summed E-state index contributed by atoms with van der Waals surface area (Å²) in [4.78, 5) is 16.8. The Balaban J connectivity index is 2.30. The highest BCUT2D eigenvalue weighted by Gasteiger charge is 2.49. The minimum Gasteiger partial charge on any atom is -0.369 e. The highest BCUT2D eigenvalue weighted by Crippen LogP contribution is 2.43. The molecular weight excluding hydrogens is 226 g/mol. The van der Waals surface area contributed by atoms with Crippen LogP contribution in [-0.4, -0.2) is 22.0 Å². The molecule has 1 aliphatic rings. The van der Waals surface area contributed by atoms with Crippen molar-refractivity contribution in [1.82, 2.24) is 4.98 Å². The number of aromatic nitrogens is 1. The summed E-state index contributed by atoms with van der Waals surface area (Å²) in [7, 11) is 0. The second kappa shape index (κ2) is 4.16. The molecule has 1 aromatic heterocycles. The van der Waals surface area contributed by atoms with Crippen LogP contribution in [0.4, 0.5) is 0 Å². The summed E-state index contributed by atoms with van der Waals surface area (Å²) in [5, 5.41) is 0. The van der Waals surface area contributed by atoms with Crippen LogP contribution in [0.2, 0.25) is 0 Å². The van der Waals surface area contributed by atoms with Gasteiger partial charge in [0.25, 0.3) is 0 Å². The average molecular weight is 247 g/mol. The van der Waals surface area contributed by atoms with Gasteiger partial charge in [-0.2, -0.15) is 0 Å². The monoisotopic (exact) mass is 247 g/mol. The molecule has 1 aromatic rings. The summed E-state index contributed by atoms with van der Waals surface area (Å²) in [6.07, 6.45) is 2.44. The van der Waals surface area contributed by atoms with E-state index in [1.165, 1.54) is 0 Å². The Labute approximate surface area is 109 Å². The van der Waals surface area contributed by atoms with Gasteiger partial charge in [0.15, 0.2) is 5.78 Å². The smallest absolute Gasteiger partial charge is 0.187 e. The van der Waals surface area contributed by atoms with Crippen LogP contribution in [0, 0.1) is 12.8 Å². The minimum absolute atomic E-state index is 0.0919. The molecule has 3 heteroatoms. The van der Waals surface area contributed by atoms with Crippen LogP contribution >= 0.6 is 0 Å². The van der Waals surface area contributed by atoms with E-state index in [1.54, 1.807) is 6.20 Å². The fourth-order valence-electron chi connectivity index (χ4n) is 2.82. The normalized spacial score (nSPS) is 25.1. The first-order chi connectivity index (χ1) is 8.21. The zero-order chi connectivity index (χ0) is 13.6. The van der Waals surface area contributed by atoms with Gasteiger partial charge in [-0.05, 0) is 58.7 Å². The van der Waals surface area contributed by atoms with Crippen molar-refractivity contribution in [3.05, 3.63) is 29.6 Å². The molecule has 1 unspecified atom stereocenters. The van der Waals surface area contributed by atoms with E-state index in [0.717, 1.165) is 12.0 Å². The third-order valence-electron chi connectivity index (χ3n) is 3.56. The van der Waals surface area contributed by atoms with Gasteiger partial charge < -0.3 is 4.74 Å². The van der Waals surface area contributed by atoms with Crippen molar-refractivity contribution >= 4 is 5.78 Å². The number of nitrogens with zero attached hydrogens (tertiary/aromatic N) is 1. The van der Waals surface area contributed by atoms with Crippen molar-refractivity contribution in [2.75, 3.05) is 0 Å². The van der Waals surface area contributed by atoms with Crippen molar-refractivity contribution in [2.45, 2.75) is 52.2 Å². The van der Waals surface area contributed by atoms with Crippen LogP contribution in [0.25, 0.3) is 0 Å². The number of aryl methyl sites for hydroxylation is 1. The summed E-state index contributed by atoms with van der Waals surface area (Å²) in [6, 6.07) is 3.75. The third-order valence-corrected chi connectivity index (χ3v) is 3.56. The molecule has 2 heterocycles. The Morgan fingerprint density at radius 3 is 2.56 bits per heavy atom. The van der Waals surface area contributed by atoms with Crippen LogP contribution in [0.5, 0.6) is 0 Å². The molecule has 0 bridgehead atoms. The van der Waals surface area contributed by atoms with E-state index in [-0.39, 0.29) is 17.3 Å². The number of ketones is 1. The van der Waals surface area contributed by atoms with Crippen LogP contribution in [0.15, 0.2) is 18.3 Å². The number of ether oxygens (including phenoxy) is 1. The molecule has 1 fully saturated rings. The number of rotatable bonds is 2. The van der Waals surface area contributed by atoms with Gasteiger partial charge in [-0.1, -0.05) is 0 Å². The molecule has 0 saturated carbocycles. The van der Waals surface area contributed by atoms with Gasteiger partial charge in [-0.15, -0.1) is 0 Å². The van der Waals surface area contributed by atoms with Gasteiger partial charge in [0, 0.05) is 6.20 Å². The summed E-state index contributed by atoms with van der Waals surface area (Å²) >= 11 is 0. The van der Waals surface area contributed by atoms with Crippen LogP contribution < -0.4 is 0 Å². The average Bonchev–Trinajstić information content (AvgIpc) is 2.45. The lowest BCUT2D eigenvalue weighted by Crippen LogP contribution is -2.34. The molecule has 1 aliphatic heterocycles. The first-order valence-electron chi connectivity index (χ1n) is 6.38. The molecule has 98 valence electrons. The van der Waals surface area contributed by atoms with Crippen molar-refractivity contribution in [3.63, 3.8) is 0 Å². The number of hydrogen-bond acceptors (Lipinski definition) is 3. The zero-order valence-corrected chi connectivity index (χ0v) is 11.8. The second-order valence-electron chi connectivity index (χ2n) is 6.30. The maximum absolute atomic E-state index is 12.6. The lowest BCUT2D eigenvalue weighted by Gasteiger charge is -2.26. The maximum Gasteiger partial charge on any atom is 0.187 e. The molecular formula is C15H21NO2. The number of carbonyl (C=O) groups is 1. The standard InChI is InChI=1S/C15H21NO2/c1-10-6-7-16-12(8-10)13(17)11-9-14(2,3)18-15(11,4)5/h6-8,11H,9H2,1-5H3. The van der Waals surface area contributed by atoms with Gasteiger partial charge >= 0.3 is 0 Å². The molecule has 0 N–H and O–H groups in total. The van der Waals surface area contributed by atoms with Crippen molar-refractivity contribution in [1.29, 1.82) is 0 Å². The molecule has 1 atom stereocenters. The van der Waals surface area contributed by atoms with Crippen molar-refractivity contribution < 1.29 is 9.53 Å². The van der Waals surface area contributed by atoms with Gasteiger partial charge in [-0.25, -0.2) is 0 Å². The lowest BCUT2D eigenvalue weighted by molar-refractivity contribution is -0.0712. The zero-order valence-electron chi connectivity index (χ0n) is 11.8. The van der Waals surface area contributed by atoms with Gasteiger partial charge in [0.05, 0.1) is 17.1 Å². The Morgan fingerprint density at radius 2 is 2.06 bits per heavy atom. The second-order valence-corrected chi connectivity index (χ2v) is 6.30. The van der Waals surface area contributed by atoms with Gasteiger partial charge in [0.1, 0.15) is 5.69 Å². The Hall–Kier alpha value is -1.22. The summed E-state index contributed by atoms with van der Waals surface area (Å²) in [5.41, 5.74) is 0.943. The van der Waals surface area contributed by atoms with Gasteiger partial charge in [0.2, 0.25) is 0 Å². The van der Waals surface area contributed by atoms with Crippen LogP contribution in [0.1, 0.15) is 50.2 Å². The predicted molar refractivity (Wildman–Crippen MR) is 70.7 cm³/mol. The maximum atomic E-state index is 12.6. The molecule has 1 saturated heterocycles. The lowest BCUT2D eigenvalue weighted by atomic mass is 9.83. The van der Waals surface area contributed by atoms with Crippen molar-refractivity contribution in [3.8, 4) is 0 Å². The fourth-order valence-corrected chi connectivity index (χ4v) is 2.82. The Kier molecular flexibility index (Phi) is 3.06. The van der Waals surface area contributed by atoms with E-state index in [2.05, 4.69) is 4.98 Å². The third kappa shape index (κ3) is 2.46.